The van der Waals surface area contributed by atoms with Gasteiger partial charge in [-0.2, -0.15) is 13.2 Å². The molecule has 0 radical (unpaired) electrons. The molecule has 0 fully saturated rings. The fourth-order valence-electron chi connectivity index (χ4n) is 1.58. The summed E-state index contributed by atoms with van der Waals surface area (Å²) >= 11 is 11.2. The van der Waals surface area contributed by atoms with Crippen LogP contribution in [0, 0.1) is 5.82 Å². The number of carbonyl (C=O) groups is 1. The second-order valence-electron chi connectivity index (χ2n) is 3.99. The van der Waals surface area contributed by atoms with Crippen molar-refractivity contribution in [1.82, 2.24) is 4.98 Å². The van der Waals surface area contributed by atoms with Crippen molar-refractivity contribution in [2.45, 2.75) is 6.18 Å². The van der Waals surface area contributed by atoms with Gasteiger partial charge in [-0.05, 0) is 30.3 Å². The third-order valence-corrected chi connectivity index (χ3v) is 3.08. The summed E-state index contributed by atoms with van der Waals surface area (Å²) in [5, 5.41) is -0.551. The molecular weight excluding hydrogens is 333 g/mol. The smallest absolute Gasteiger partial charge is 0.288 e. The molecule has 2 aromatic rings. The van der Waals surface area contributed by atoms with Gasteiger partial charge in [0.2, 0.25) is 0 Å². The summed E-state index contributed by atoms with van der Waals surface area (Å²) in [6, 6.07) is 4.72. The molecule has 21 heavy (non-hydrogen) atoms. The van der Waals surface area contributed by atoms with Gasteiger partial charge in [-0.3, -0.25) is 4.79 Å². The number of hydrogen-bond acceptors (Lipinski definition) is 2. The van der Waals surface area contributed by atoms with Gasteiger partial charge in [0.1, 0.15) is 16.7 Å². The highest BCUT2D eigenvalue weighted by Crippen LogP contribution is 2.30. The number of carbonyl (C=O) groups excluding carboxylic acids is 1. The Balaban J connectivity index is 2.47. The van der Waals surface area contributed by atoms with Crippen LogP contribution in [0.4, 0.5) is 17.6 Å². The van der Waals surface area contributed by atoms with E-state index < -0.39 is 34.2 Å². The van der Waals surface area contributed by atoms with E-state index in [0.29, 0.717) is 6.07 Å². The van der Waals surface area contributed by atoms with Gasteiger partial charge in [0.15, 0.2) is 5.78 Å². The monoisotopic (exact) mass is 337 g/mol. The highest BCUT2D eigenvalue weighted by molar-refractivity contribution is 6.34. The quantitative estimate of drug-likeness (QED) is 0.448. The van der Waals surface area contributed by atoms with E-state index in [1.807, 2.05) is 0 Å². The maximum atomic E-state index is 13.6. The fraction of sp³-hybridized carbons (Fsp3) is 0.0769. The third-order valence-electron chi connectivity index (χ3n) is 2.56. The standard InChI is InChI=1S/C13H5Cl2F4NO/c14-6-1-3-9(16)8(5-6)11(21)7-2-4-10(13(17,18)19)20-12(7)15/h1-5H. The number of alkyl halides is 3. The molecule has 0 saturated heterocycles. The Bertz CT molecular complexity index is 716. The molecule has 0 unspecified atom stereocenters. The van der Waals surface area contributed by atoms with E-state index in [1.165, 1.54) is 6.07 Å². The van der Waals surface area contributed by atoms with E-state index in [1.54, 1.807) is 0 Å². The van der Waals surface area contributed by atoms with Crippen LogP contribution in [0.25, 0.3) is 0 Å². The molecule has 0 saturated carbocycles. The minimum atomic E-state index is -4.69. The van der Waals surface area contributed by atoms with Gasteiger partial charge < -0.3 is 0 Å². The average Bonchev–Trinajstić information content (AvgIpc) is 2.39. The summed E-state index contributed by atoms with van der Waals surface area (Å²) in [6.07, 6.45) is -4.69. The van der Waals surface area contributed by atoms with Gasteiger partial charge in [-0.1, -0.05) is 23.2 Å². The predicted molar refractivity (Wildman–Crippen MR) is 69.1 cm³/mol. The number of halogens is 6. The van der Waals surface area contributed by atoms with Crippen LogP contribution in [-0.2, 0) is 6.18 Å². The largest absolute Gasteiger partial charge is 0.433 e. The van der Waals surface area contributed by atoms with Crippen LogP contribution in [0.3, 0.4) is 0 Å². The van der Waals surface area contributed by atoms with Gasteiger partial charge in [-0.25, -0.2) is 9.37 Å². The second kappa shape index (κ2) is 5.61. The molecule has 8 heteroatoms. The highest BCUT2D eigenvalue weighted by Gasteiger charge is 2.33. The molecular formula is C13H5Cl2F4NO. The maximum Gasteiger partial charge on any atom is 0.433 e. The Morgan fingerprint density at radius 2 is 1.71 bits per heavy atom. The van der Waals surface area contributed by atoms with Crippen LogP contribution in [-0.4, -0.2) is 10.8 Å². The van der Waals surface area contributed by atoms with Crippen molar-refractivity contribution in [3.63, 3.8) is 0 Å². The van der Waals surface area contributed by atoms with E-state index >= 15 is 0 Å². The first-order valence-electron chi connectivity index (χ1n) is 5.43. The Labute approximate surface area is 126 Å². The SMILES string of the molecule is O=C(c1cc(Cl)ccc1F)c1ccc(C(F)(F)F)nc1Cl. The lowest BCUT2D eigenvalue weighted by Gasteiger charge is -2.09. The molecule has 1 aromatic carbocycles. The lowest BCUT2D eigenvalue weighted by atomic mass is 10.0. The molecule has 110 valence electrons. The molecule has 0 atom stereocenters. The van der Waals surface area contributed by atoms with Crippen molar-refractivity contribution in [2.24, 2.45) is 0 Å². The minimum absolute atomic E-state index is 0.107. The average molecular weight is 338 g/mol. The summed E-state index contributed by atoms with van der Waals surface area (Å²) in [7, 11) is 0. The van der Waals surface area contributed by atoms with Crippen LogP contribution in [0.2, 0.25) is 10.2 Å². The van der Waals surface area contributed by atoms with Gasteiger partial charge in [0.05, 0.1) is 11.1 Å². The van der Waals surface area contributed by atoms with Crippen LogP contribution >= 0.6 is 23.2 Å². The van der Waals surface area contributed by atoms with Gasteiger partial charge >= 0.3 is 6.18 Å². The topological polar surface area (TPSA) is 30.0 Å². The molecule has 0 aliphatic rings. The maximum absolute atomic E-state index is 13.6. The number of benzene rings is 1. The van der Waals surface area contributed by atoms with Crippen LogP contribution in [0.1, 0.15) is 21.6 Å². The summed E-state index contributed by atoms with van der Waals surface area (Å²) in [6.45, 7) is 0. The van der Waals surface area contributed by atoms with Crippen molar-refractivity contribution >= 4 is 29.0 Å². The lowest BCUT2D eigenvalue weighted by Crippen LogP contribution is -2.11. The van der Waals surface area contributed by atoms with Crippen LogP contribution < -0.4 is 0 Å². The number of hydrogen-bond donors (Lipinski definition) is 0. The van der Waals surface area contributed by atoms with Gasteiger partial charge in [0.25, 0.3) is 0 Å². The molecule has 0 N–H and O–H groups in total. The summed E-state index contributed by atoms with van der Waals surface area (Å²) in [5.41, 5.74) is -1.98. The zero-order valence-electron chi connectivity index (χ0n) is 10.0. The summed E-state index contributed by atoms with van der Waals surface area (Å²) < 4.78 is 51.0. The second-order valence-corrected chi connectivity index (χ2v) is 4.78. The first-order chi connectivity index (χ1) is 9.70. The minimum Gasteiger partial charge on any atom is -0.288 e. The summed E-state index contributed by atoms with van der Waals surface area (Å²) in [4.78, 5) is 15.2. The van der Waals surface area contributed by atoms with Crippen molar-refractivity contribution in [1.29, 1.82) is 0 Å². The molecule has 1 aromatic heterocycles. The van der Waals surface area contributed by atoms with E-state index in [0.717, 1.165) is 18.2 Å². The van der Waals surface area contributed by atoms with Crippen molar-refractivity contribution in [3.05, 3.63) is 63.1 Å². The Morgan fingerprint density at radius 1 is 1.05 bits per heavy atom. The van der Waals surface area contributed by atoms with Gasteiger partial charge in [-0.15, -0.1) is 0 Å². The van der Waals surface area contributed by atoms with E-state index in [2.05, 4.69) is 4.98 Å². The zero-order chi connectivity index (χ0) is 15.8. The van der Waals surface area contributed by atoms with Crippen molar-refractivity contribution < 1.29 is 22.4 Å². The van der Waals surface area contributed by atoms with Crippen molar-refractivity contribution in [3.8, 4) is 0 Å². The Hall–Kier alpha value is -1.66. The van der Waals surface area contributed by atoms with Gasteiger partial charge in [0, 0.05) is 5.02 Å². The third kappa shape index (κ3) is 3.33. The fourth-order valence-corrected chi connectivity index (χ4v) is 1.99. The first kappa shape index (κ1) is 15.7. The number of pyridine rings is 1. The van der Waals surface area contributed by atoms with E-state index in [9.17, 15) is 22.4 Å². The number of rotatable bonds is 2. The predicted octanol–water partition coefficient (Wildman–Crippen LogP) is 4.78. The molecule has 0 aliphatic heterocycles. The molecule has 0 spiro atoms. The highest BCUT2D eigenvalue weighted by atomic mass is 35.5. The molecule has 0 bridgehead atoms. The molecule has 2 rings (SSSR count). The Kier molecular flexibility index (Phi) is 4.20. The van der Waals surface area contributed by atoms with E-state index in [4.69, 9.17) is 23.2 Å². The first-order valence-corrected chi connectivity index (χ1v) is 6.19. The van der Waals surface area contributed by atoms with Crippen LogP contribution in [0.5, 0.6) is 0 Å². The Morgan fingerprint density at radius 3 is 2.29 bits per heavy atom. The normalized spacial score (nSPS) is 11.5. The number of nitrogens with zero attached hydrogens (tertiary/aromatic N) is 1. The summed E-state index contributed by atoms with van der Waals surface area (Å²) in [5.74, 6) is -1.76. The van der Waals surface area contributed by atoms with E-state index in [-0.39, 0.29) is 10.6 Å². The molecule has 0 aliphatic carbocycles. The lowest BCUT2D eigenvalue weighted by molar-refractivity contribution is -0.141. The zero-order valence-corrected chi connectivity index (χ0v) is 11.5. The number of aromatic nitrogens is 1. The van der Waals surface area contributed by atoms with Crippen molar-refractivity contribution in [2.75, 3.05) is 0 Å². The molecule has 2 nitrogen and oxygen atoms in total. The molecule has 1 heterocycles. The number of ketones is 1. The molecule has 0 amide bonds. The van der Waals surface area contributed by atoms with Crippen LogP contribution in [0.15, 0.2) is 30.3 Å².